The number of hydrogen-bond donors (Lipinski definition) is 2. The van der Waals surface area contributed by atoms with E-state index in [2.05, 4.69) is 25.9 Å². The number of nitrogens with zero attached hydrogens (tertiary/aromatic N) is 4. The number of halogens is 1. The lowest BCUT2D eigenvalue weighted by molar-refractivity contribution is -0.116. The molecule has 0 saturated carbocycles. The first-order valence-electron chi connectivity index (χ1n) is 8.71. The number of nitrogens with one attached hydrogen (secondary N) is 2. The first-order valence-corrected chi connectivity index (χ1v) is 8.71. The molecule has 4 rings (SSSR count). The van der Waals surface area contributed by atoms with Gasteiger partial charge in [0.2, 0.25) is 5.91 Å². The molecule has 1 atom stereocenters. The van der Waals surface area contributed by atoms with Crippen LogP contribution >= 0.6 is 0 Å². The van der Waals surface area contributed by atoms with E-state index in [4.69, 9.17) is 0 Å². The first kappa shape index (κ1) is 17.6. The van der Waals surface area contributed by atoms with E-state index < -0.39 is 11.9 Å². The summed E-state index contributed by atoms with van der Waals surface area (Å²) in [5, 5.41) is 18.4. The number of carbonyl (C=O) groups is 1. The van der Waals surface area contributed by atoms with Gasteiger partial charge in [-0.25, -0.2) is 4.39 Å². The average molecular weight is 376 g/mol. The van der Waals surface area contributed by atoms with Crippen molar-refractivity contribution >= 4 is 23.1 Å². The van der Waals surface area contributed by atoms with Crippen LogP contribution in [0.2, 0.25) is 0 Å². The van der Waals surface area contributed by atoms with Crippen molar-refractivity contribution in [1.82, 2.24) is 19.8 Å². The Hall–Kier alpha value is -3.81. The van der Waals surface area contributed by atoms with E-state index in [-0.39, 0.29) is 11.7 Å². The van der Waals surface area contributed by atoms with Crippen molar-refractivity contribution < 1.29 is 9.18 Å². The highest BCUT2D eigenvalue weighted by Gasteiger charge is 2.16. The molecule has 0 fully saturated rings. The van der Waals surface area contributed by atoms with Gasteiger partial charge in [0.1, 0.15) is 17.7 Å². The number of fused-ring (bicyclic) bond motifs is 1. The third kappa shape index (κ3) is 3.52. The molecule has 4 aromatic rings. The summed E-state index contributed by atoms with van der Waals surface area (Å²) < 4.78 is 15.6. The molecular formula is C20H17FN6O. The average Bonchev–Trinajstić information content (AvgIpc) is 3.12. The lowest BCUT2D eigenvalue weighted by Crippen LogP contribution is -2.32. The van der Waals surface area contributed by atoms with Crippen LogP contribution in [0.15, 0.2) is 66.7 Å². The number of anilines is 2. The lowest BCUT2D eigenvalue weighted by Gasteiger charge is -2.14. The molecule has 0 spiro atoms. The van der Waals surface area contributed by atoms with Crippen LogP contribution in [0.4, 0.5) is 15.9 Å². The molecule has 140 valence electrons. The summed E-state index contributed by atoms with van der Waals surface area (Å²) in [6.45, 7) is 1.73. The number of para-hydroxylation sites is 1. The largest absolute Gasteiger partial charge is 0.357 e. The quantitative estimate of drug-likeness (QED) is 0.558. The lowest BCUT2D eigenvalue weighted by atomic mass is 10.2. The molecule has 2 heterocycles. The summed E-state index contributed by atoms with van der Waals surface area (Å²) in [5.41, 5.74) is 1.49. The summed E-state index contributed by atoms with van der Waals surface area (Å²) >= 11 is 0. The van der Waals surface area contributed by atoms with Gasteiger partial charge >= 0.3 is 0 Å². The highest BCUT2D eigenvalue weighted by molar-refractivity contribution is 5.96. The van der Waals surface area contributed by atoms with Crippen LogP contribution in [-0.4, -0.2) is 31.8 Å². The van der Waals surface area contributed by atoms with Crippen molar-refractivity contribution in [2.45, 2.75) is 13.0 Å². The van der Waals surface area contributed by atoms with Crippen molar-refractivity contribution in [2.75, 3.05) is 10.6 Å². The Morgan fingerprint density at radius 1 is 1.00 bits per heavy atom. The third-order valence-corrected chi connectivity index (χ3v) is 4.18. The molecule has 2 N–H and O–H groups in total. The Bertz CT molecular complexity index is 1130. The maximum atomic E-state index is 14.1. The second kappa shape index (κ2) is 7.43. The van der Waals surface area contributed by atoms with Gasteiger partial charge in [0, 0.05) is 5.69 Å². The number of rotatable bonds is 5. The minimum Gasteiger partial charge on any atom is -0.357 e. The van der Waals surface area contributed by atoms with Crippen LogP contribution in [0.1, 0.15) is 6.92 Å². The van der Waals surface area contributed by atoms with Gasteiger partial charge in [-0.2, -0.15) is 4.52 Å². The normalized spacial score (nSPS) is 11.9. The summed E-state index contributed by atoms with van der Waals surface area (Å²) in [4.78, 5) is 12.4. The fraction of sp³-hybridized carbons (Fsp3) is 0.100. The molecule has 1 unspecified atom stereocenters. The SMILES string of the molecule is CC(Nc1ccc2nnc(-c3ccccc3F)n2n1)C(=O)Nc1ccccc1. The fourth-order valence-corrected chi connectivity index (χ4v) is 2.74. The highest BCUT2D eigenvalue weighted by Crippen LogP contribution is 2.21. The van der Waals surface area contributed by atoms with E-state index in [0.717, 1.165) is 0 Å². The van der Waals surface area contributed by atoms with Gasteiger partial charge < -0.3 is 10.6 Å². The molecule has 7 nitrogen and oxygen atoms in total. The molecule has 2 aromatic heterocycles. The van der Waals surface area contributed by atoms with E-state index in [9.17, 15) is 9.18 Å². The van der Waals surface area contributed by atoms with Crippen LogP contribution in [0.3, 0.4) is 0 Å². The molecule has 0 aliphatic rings. The van der Waals surface area contributed by atoms with Crippen molar-refractivity contribution in [1.29, 1.82) is 0 Å². The third-order valence-electron chi connectivity index (χ3n) is 4.18. The summed E-state index contributed by atoms with van der Waals surface area (Å²) in [7, 11) is 0. The predicted octanol–water partition coefficient (Wildman–Crippen LogP) is 3.37. The van der Waals surface area contributed by atoms with Gasteiger partial charge in [0.05, 0.1) is 5.56 Å². The molecule has 28 heavy (non-hydrogen) atoms. The number of amides is 1. The molecule has 0 aliphatic heterocycles. The van der Waals surface area contributed by atoms with Crippen molar-refractivity contribution in [3.63, 3.8) is 0 Å². The van der Waals surface area contributed by atoms with E-state index in [1.165, 1.54) is 10.6 Å². The van der Waals surface area contributed by atoms with E-state index in [1.807, 2.05) is 30.3 Å². The van der Waals surface area contributed by atoms with E-state index >= 15 is 0 Å². The summed E-state index contributed by atoms with van der Waals surface area (Å²) in [6, 6.07) is 18.3. The molecule has 0 bridgehead atoms. The van der Waals surface area contributed by atoms with Crippen molar-refractivity contribution in [3.8, 4) is 11.4 Å². The Morgan fingerprint density at radius 3 is 2.54 bits per heavy atom. The molecular weight excluding hydrogens is 359 g/mol. The number of benzene rings is 2. The number of hydrogen-bond acceptors (Lipinski definition) is 5. The van der Waals surface area contributed by atoms with E-state index in [1.54, 1.807) is 37.3 Å². The Morgan fingerprint density at radius 2 is 1.75 bits per heavy atom. The van der Waals surface area contributed by atoms with Gasteiger partial charge in [0.25, 0.3) is 0 Å². The van der Waals surface area contributed by atoms with Crippen LogP contribution in [0, 0.1) is 5.82 Å². The van der Waals surface area contributed by atoms with Gasteiger partial charge in [0.15, 0.2) is 11.5 Å². The molecule has 0 saturated heterocycles. The van der Waals surface area contributed by atoms with Crippen molar-refractivity contribution in [3.05, 3.63) is 72.5 Å². The highest BCUT2D eigenvalue weighted by atomic mass is 19.1. The first-order chi connectivity index (χ1) is 13.6. The second-order valence-corrected chi connectivity index (χ2v) is 6.21. The van der Waals surface area contributed by atoms with Gasteiger partial charge in [-0.3, -0.25) is 4.79 Å². The summed E-state index contributed by atoms with van der Waals surface area (Å²) in [5.74, 6) is 0.123. The maximum Gasteiger partial charge on any atom is 0.246 e. The summed E-state index contributed by atoms with van der Waals surface area (Å²) in [6.07, 6.45) is 0. The minimum atomic E-state index is -0.543. The number of aromatic nitrogens is 4. The zero-order valence-electron chi connectivity index (χ0n) is 15.0. The molecule has 0 aliphatic carbocycles. The predicted molar refractivity (Wildman–Crippen MR) is 104 cm³/mol. The van der Waals surface area contributed by atoms with Gasteiger partial charge in [-0.05, 0) is 43.3 Å². The van der Waals surface area contributed by atoms with Crippen molar-refractivity contribution in [2.24, 2.45) is 0 Å². The maximum absolute atomic E-state index is 14.1. The molecule has 0 radical (unpaired) electrons. The van der Waals surface area contributed by atoms with Crippen LogP contribution < -0.4 is 10.6 Å². The monoisotopic (exact) mass is 376 g/mol. The zero-order valence-corrected chi connectivity index (χ0v) is 15.0. The molecule has 2 aromatic carbocycles. The topological polar surface area (TPSA) is 84.2 Å². The van der Waals surface area contributed by atoms with Crippen LogP contribution in [0.25, 0.3) is 17.0 Å². The van der Waals surface area contributed by atoms with Crippen LogP contribution in [-0.2, 0) is 4.79 Å². The number of carbonyl (C=O) groups excluding carboxylic acids is 1. The smallest absolute Gasteiger partial charge is 0.246 e. The minimum absolute atomic E-state index is 0.203. The fourth-order valence-electron chi connectivity index (χ4n) is 2.74. The van der Waals surface area contributed by atoms with Crippen LogP contribution in [0.5, 0.6) is 0 Å². The van der Waals surface area contributed by atoms with E-state index in [0.29, 0.717) is 22.7 Å². The Balaban J connectivity index is 1.57. The Kier molecular flexibility index (Phi) is 4.67. The second-order valence-electron chi connectivity index (χ2n) is 6.21. The zero-order chi connectivity index (χ0) is 19.5. The Labute approximate surface area is 160 Å². The van der Waals surface area contributed by atoms with Gasteiger partial charge in [-0.15, -0.1) is 15.3 Å². The standard InChI is InChI=1S/C20H17FN6O/c1-13(20(28)23-14-7-3-2-4-8-14)22-17-11-12-18-24-25-19(27(18)26-17)15-9-5-6-10-16(15)21/h2-13H,1H3,(H,22,26)(H,23,28). The molecule has 8 heteroatoms. The van der Waals surface area contributed by atoms with Gasteiger partial charge in [-0.1, -0.05) is 30.3 Å². The molecule has 1 amide bonds.